The van der Waals surface area contributed by atoms with Crippen LogP contribution < -0.4 is 16.4 Å². The molecule has 4 heteroatoms. The first kappa shape index (κ1) is 12.4. The van der Waals surface area contributed by atoms with Crippen molar-refractivity contribution in [2.75, 3.05) is 17.2 Å². The van der Waals surface area contributed by atoms with Crippen LogP contribution in [0, 0.1) is 0 Å². The average molecular weight is 221 g/mol. The summed E-state index contributed by atoms with van der Waals surface area (Å²) in [7, 11) is 0. The van der Waals surface area contributed by atoms with E-state index >= 15 is 0 Å². The molecule has 1 aromatic rings. The Kier molecular flexibility index (Phi) is 3.77. The van der Waals surface area contributed by atoms with Gasteiger partial charge in [-0.3, -0.25) is 4.79 Å². The third kappa shape index (κ3) is 2.45. The summed E-state index contributed by atoms with van der Waals surface area (Å²) in [5.74, 6) is -0.487. The van der Waals surface area contributed by atoms with Gasteiger partial charge in [0.1, 0.15) is 0 Å². The Hall–Kier alpha value is -1.71. The minimum atomic E-state index is -0.487. The number of rotatable bonds is 4. The minimum Gasteiger partial charge on any atom is -0.398 e. The van der Waals surface area contributed by atoms with Crippen molar-refractivity contribution in [3.05, 3.63) is 23.8 Å². The smallest absolute Gasteiger partial charge is 0.250 e. The predicted molar refractivity (Wildman–Crippen MR) is 67.5 cm³/mol. The van der Waals surface area contributed by atoms with Crippen LogP contribution in [0.4, 0.5) is 11.4 Å². The first-order chi connectivity index (χ1) is 7.47. The van der Waals surface area contributed by atoms with Crippen LogP contribution in [0.15, 0.2) is 18.2 Å². The molecule has 0 heterocycles. The summed E-state index contributed by atoms with van der Waals surface area (Å²) < 4.78 is 0. The number of nitrogens with zero attached hydrogens (tertiary/aromatic N) is 1. The first-order valence-electron chi connectivity index (χ1n) is 5.43. The lowest BCUT2D eigenvalue weighted by atomic mass is 10.1. The normalized spacial score (nSPS) is 10.5. The summed E-state index contributed by atoms with van der Waals surface area (Å²) in [6.45, 7) is 7.15. The van der Waals surface area contributed by atoms with Crippen molar-refractivity contribution in [1.29, 1.82) is 0 Å². The number of amides is 1. The molecule has 16 heavy (non-hydrogen) atoms. The van der Waals surface area contributed by atoms with Crippen LogP contribution in [-0.2, 0) is 0 Å². The van der Waals surface area contributed by atoms with Gasteiger partial charge in [-0.05, 0) is 39.0 Å². The van der Waals surface area contributed by atoms with Gasteiger partial charge in [-0.2, -0.15) is 0 Å². The van der Waals surface area contributed by atoms with Crippen molar-refractivity contribution in [1.82, 2.24) is 0 Å². The Morgan fingerprint density at radius 2 is 2.06 bits per heavy atom. The predicted octanol–water partition coefficient (Wildman–Crippen LogP) is 1.60. The number of nitrogens with two attached hydrogens (primary N) is 2. The summed E-state index contributed by atoms with van der Waals surface area (Å²) in [5.41, 5.74) is 12.7. The molecule has 0 aromatic heterocycles. The van der Waals surface area contributed by atoms with E-state index in [1.54, 1.807) is 12.1 Å². The lowest BCUT2D eigenvalue weighted by Crippen LogP contribution is -2.30. The van der Waals surface area contributed by atoms with E-state index in [0.29, 0.717) is 17.3 Å². The molecule has 0 fully saturated rings. The molecule has 0 atom stereocenters. The van der Waals surface area contributed by atoms with E-state index in [1.165, 1.54) is 0 Å². The highest BCUT2D eigenvalue weighted by Gasteiger charge is 2.12. The molecule has 0 radical (unpaired) electrons. The summed E-state index contributed by atoms with van der Waals surface area (Å²) >= 11 is 0. The fourth-order valence-corrected chi connectivity index (χ4v) is 1.78. The number of carbonyl (C=O) groups is 1. The SMILES string of the molecule is CCN(c1ccc(N)c(C(N)=O)c1)C(C)C. The van der Waals surface area contributed by atoms with E-state index in [4.69, 9.17) is 11.5 Å². The monoisotopic (exact) mass is 221 g/mol. The van der Waals surface area contributed by atoms with Gasteiger partial charge < -0.3 is 16.4 Å². The average Bonchev–Trinajstić information content (AvgIpc) is 2.20. The molecule has 0 saturated carbocycles. The minimum absolute atomic E-state index is 0.370. The molecule has 0 saturated heterocycles. The van der Waals surface area contributed by atoms with Crippen molar-refractivity contribution in [2.24, 2.45) is 5.73 Å². The zero-order chi connectivity index (χ0) is 12.3. The number of carbonyl (C=O) groups excluding carboxylic acids is 1. The topological polar surface area (TPSA) is 72.3 Å². The van der Waals surface area contributed by atoms with Gasteiger partial charge in [0.25, 0.3) is 5.91 Å². The molecule has 1 rings (SSSR count). The van der Waals surface area contributed by atoms with Crippen LogP contribution in [0.5, 0.6) is 0 Å². The highest BCUT2D eigenvalue weighted by atomic mass is 16.1. The lowest BCUT2D eigenvalue weighted by molar-refractivity contribution is 0.100. The lowest BCUT2D eigenvalue weighted by Gasteiger charge is -2.28. The van der Waals surface area contributed by atoms with Crippen molar-refractivity contribution < 1.29 is 4.79 Å². The van der Waals surface area contributed by atoms with Gasteiger partial charge >= 0.3 is 0 Å². The Bertz CT molecular complexity index is 388. The summed E-state index contributed by atoms with van der Waals surface area (Å²) in [6, 6.07) is 5.75. The van der Waals surface area contributed by atoms with Gasteiger partial charge in [-0.25, -0.2) is 0 Å². The molecule has 0 bridgehead atoms. The number of hydrogen-bond acceptors (Lipinski definition) is 3. The molecule has 0 spiro atoms. The Morgan fingerprint density at radius 3 is 2.50 bits per heavy atom. The van der Waals surface area contributed by atoms with E-state index in [0.717, 1.165) is 12.2 Å². The van der Waals surface area contributed by atoms with Gasteiger partial charge in [-0.1, -0.05) is 0 Å². The number of benzene rings is 1. The fraction of sp³-hybridized carbons (Fsp3) is 0.417. The van der Waals surface area contributed by atoms with E-state index in [9.17, 15) is 4.79 Å². The molecule has 0 unspecified atom stereocenters. The van der Waals surface area contributed by atoms with Crippen molar-refractivity contribution in [2.45, 2.75) is 26.8 Å². The van der Waals surface area contributed by atoms with Gasteiger partial charge in [0.15, 0.2) is 0 Å². The molecule has 0 aliphatic rings. The van der Waals surface area contributed by atoms with E-state index in [2.05, 4.69) is 25.7 Å². The summed E-state index contributed by atoms with van der Waals surface area (Å²) in [4.78, 5) is 13.4. The maximum absolute atomic E-state index is 11.2. The van der Waals surface area contributed by atoms with Crippen LogP contribution >= 0.6 is 0 Å². The molecule has 0 aliphatic carbocycles. The fourth-order valence-electron chi connectivity index (χ4n) is 1.78. The maximum Gasteiger partial charge on any atom is 0.250 e. The number of hydrogen-bond donors (Lipinski definition) is 2. The van der Waals surface area contributed by atoms with Gasteiger partial charge in [-0.15, -0.1) is 0 Å². The number of anilines is 2. The second-order valence-corrected chi connectivity index (χ2v) is 4.02. The van der Waals surface area contributed by atoms with Crippen LogP contribution in [0.3, 0.4) is 0 Å². The zero-order valence-corrected chi connectivity index (χ0v) is 10.0. The second-order valence-electron chi connectivity index (χ2n) is 4.02. The van der Waals surface area contributed by atoms with Crippen LogP contribution in [0.25, 0.3) is 0 Å². The van der Waals surface area contributed by atoms with E-state index in [-0.39, 0.29) is 0 Å². The Balaban J connectivity index is 3.15. The van der Waals surface area contributed by atoms with E-state index < -0.39 is 5.91 Å². The third-order valence-electron chi connectivity index (χ3n) is 2.60. The maximum atomic E-state index is 11.2. The van der Waals surface area contributed by atoms with Gasteiger partial charge in [0, 0.05) is 24.0 Å². The standard InChI is InChI=1S/C12H19N3O/c1-4-15(8(2)3)9-5-6-11(13)10(7-9)12(14)16/h5-8H,4,13H2,1-3H3,(H2,14,16). The van der Waals surface area contributed by atoms with E-state index in [1.807, 2.05) is 6.07 Å². The molecule has 88 valence electrons. The van der Waals surface area contributed by atoms with Crippen LogP contribution in [-0.4, -0.2) is 18.5 Å². The van der Waals surface area contributed by atoms with Crippen molar-refractivity contribution >= 4 is 17.3 Å². The van der Waals surface area contributed by atoms with Gasteiger partial charge in [0.05, 0.1) is 5.56 Å². The summed E-state index contributed by atoms with van der Waals surface area (Å²) in [5, 5.41) is 0. The molecule has 1 aromatic carbocycles. The molecular formula is C12H19N3O. The van der Waals surface area contributed by atoms with Gasteiger partial charge in [0.2, 0.25) is 0 Å². The second kappa shape index (κ2) is 4.88. The Morgan fingerprint density at radius 1 is 1.44 bits per heavy atom. The quantitative estimate of drug-likeness (QED) is 0.758. The summed E-state index contributed by atoms with van der Waals surface area (Å²) in [6.07, 6.45) is 0. The number of primary amides is 1. The first-order valence-corrected chi connectivity index (χ1v) is 5.43. The molecule has 4 nitrogen and oxygen atoms in total. The third-order valence-corrected chi connectivity index (χ3v) is 2.60. The Labute approximate surface area is 96.2 Å². The molecule has 1 amide bonds. The zero-order valence-electron chi connectivity index (χ0n) is 10.0. The molecule has 0 aliphatic heterocycles. The highest BCUT2D eigenvalue weighted by Crippen LogP contribution is 2.22. The number of nitrogen functional groups attached to an aromatic ring is 1. The largest absolute Gasteiger partial charge is 0.398 e. The van der Waals surface area contributed by atoms with Crippen LogP contribution in [0.1, 0.15) is 31.1 Å². The van der Waals surface area contributed by atoms with Crippen LogP contribution in [0.2, 0.25) is 0 Å². The molecular weight excluding hydrogens is 202 g/mol. The van der Waals surface area contributed by atoms with Crippen molar-refractivity contribution in [3.8, 4) is 0 Å². The molecule has 4 N–H and O–H groups in total. The van der Waals surface area contributed by atoms with Crippen molar-refractivity contribution in [3.63, 3.8) is 0 Å². The highest BCUT2D eigenvalue weighted by molar-refractivity contribution is 5.99.